The zero-order valence-electron chi connectivity index (χ0n) is 16.8. The number of Topliss-reactive ketones (excluding diaryl/α,β-unsaturated/α-hetero) is 2. The largest absolute Gasteiger partial charge is 0.369 e. The minimum atomic E-state index is -0.00417. The van der Waals surface area contributed by atoms with Gasteiger partial charge in [0.15, 0.2) is 5.78 Å². The highest BCUT2D eigenvalue weighted by Gasteiger charge is 2.06. The summed E-state index contributed by atoms with van der Waals surface area (Å²) in [5, 5.41) is 0. The molecule has 0 saturated carbocycles. The first-order valence-corrected chi connectivity index (χ1v) is 8.61. The molecule has 0 N–H and O–H groups in total. The summed E-state index contributed by atoms with van der Waals surface area (Å²) >= 11 is 0. The average Bonchev–Trinajstić information content (AvgIpc) is 3.12. The number of ketones is 2. The molecule has 0 spiro atoms. The van der Waals surface area contributed by atoms with Crippen LogP contribution < -0.4 is 0 Å². The van der Waals surface area contributed by atoms with Crippen molar-refractivity contribution in [3.63, 3.8) is 0 Å². The van der Waals surface area contributed by atoms with Crippen LogP contribution in [0.3, 0.4) is 0 Å². The molecular formula is C19H25N7O2. The second kappa shape index (κ2) is 12.0. The van der Waals surface area contributed by atoms with E-state index in [9.17, 15) is 9.59 Å². The van der Waals surface area contributed by atoms with Crippen LogP contribution in [0.5, 0.6) is 0 Å². The highest BCUT2D eigenvalue weighted by molar-refractivity contribution is 5.92. The first kappa shape index (κ1) is 22.6. The van der Waals surface area contributed by atoms with Crippen molar-refractivity contribution >= 4 is 29.6 Å². The summed E-state index contributed by atoms with van der Waals surface area (Å²) in [6.45, 7) is 4.94. The van der Waals surface area contributed by atoms with Crippen LogP contribution in [0.25, 0.3) is 5.78 Å². The van der Waals surface area contributed by atoms with Gasteiger partial charge in [-0.3, -0.25) is 9.20 Å². The molecule has 9 nitrogen and oxygen atoms in total. The molecule has 9 heteroatoms. The van der Waals surface area contributed by atoms with E-state index in [-0.39, 0.29) is 11.6 Å². The first-order valence-electron chi connectivity index (χ1n) is 8.61. The maximum Gasteiger partial charge on any atom is 0.250 e. The molecule has 0 atom stereocenters. The molecule has 0 saturated heterocycles. The van der Waals surface area contributed by atoms with Gasteiger partial charge in [-0.2, -0.15) is 0 Å². The third kappa shape index (κ3) is 8.26. The van der Waals surface area contributed by atoms with E-state index in [0.29, 0.717) is 23.8 Å². The number of rotatable bonds is 4. The third-order valence-corrected chi connectivity index (χ3v) is 3.10. The number of aromatic nitrogens is 5. The predicted molar refractivity (Wildman–Crippen MR) is 108 cm³/mol. The Morgan fingerprint density at radius 2 is 1.68 bits per heavy atom. The topological polar surface area (TPSA) is 106 Å². The summed E-state index contributed by atoms with van der Waals surface area (Å²) in [5.41, 5.74) is 0.568. The number of imidazole rings is 1. The fourth-order valence-corrected chi connectivity index (χ4v) is 1.61. The zero-order valence-corrected chi connectivity index (χ0v) is 16.8. The zero-order chi connectivity index (χ0) is 20.9. The second-order valence-electron chi connectivity index (χ2n) is 5.80. The SMILES string of the molecule is CC(=O)c1cnc2ncccn12.CCC(C)=O.CN(C)C=Nc1ncccn1. The van der Waals surface area contributed by atoms with Crippen LogP contribution in [0.1, 0.15) is 37.7 Å². The minimum absolute atomic E-state index is 0.00417. The van der Waals surface area contributed by atoms with Gasteiger partial charge >= 0.3 is 0 Å². The second-order valence-corrected chi connectivity index (χ2v) is 5.80. The molecule has 0 aliphatic carbocycles. The number of hydrogen-bond donors (Lipinski definition) is 0. The van der Waals surface area contributed by atoms with Crippen molar-refractivity contribution in [2.45, 2.75) is 27.2 Å². The van der Waals surface area contributed by atoms with E-state index in [4.69, 9.17) is 0 Å². The van der Waals surface area contributed by atoms with Gasteiger partial charge < -0.3 is 9.69 Å². The van der Waals surface area contributed by atoms with E-state index >= 15 is 0 Å². The monoisotopic (exact) mass is 383 g/mol. The molecule has 0 aromatic carbocycles. The molecule has 3 aromatic heterocycles. The molecule has 3 rings (SSSR count). The number of aliphatic imine (C=N–C) groups is 1. The Labute approximate surface area is 164 Å². The standard InChI is InChI=1S/C8H7N3O.C7H10N4.C4H8O/c1-6(12)7-5-10-8-9-3-2-4-11(7)8;1-11(2)6-10-7-8-4-3-5-9-7;1-3-4(2)5/h2-5H,1H3;3-6H,1-2H3;3H2,1-2H3. The summed E-state index contributed by atoms with van der Waals surface area (Å²) < 4.78 is 1.67. The van der Waals surface area contributed by atoms with E-state index in [1.165, 1.54) is 13.1 Å². The summed E-state index contributed by atoms with van der Waals surface area (Å²) in [7, 11) is 3.79. The molecule has 0 aliphatic heterocycles. The molecule has 148 valence electrons. The van der Waals surface area contributed by atoms with Gasteiger partial charge in [-0.15, -0.1) is 0 Å². The lowest BCUT2D eigenvalue weighted by atomic mass is 10.3. The minimum Gasteiger partial charge on any atom is -0.369 e. The van der Waals surface area contributed by atoms with E-state index in [1.807, 2.05) is 25.9 Å². The quantitative estimate of drug-likeness (QED) is 0.387. The summed E-state index contributed by atoms with van der Waals surface area (Å²) in [5.74, 6) is 1.30. The Bertz CT molecular complexity index is 905. The molecule has 3 aromatic rings. The molecular weight excluding hydrogens is 358 g/mol. The van der Waals surface area contributed by atoms with Crippen molar-refractivity contribution < 1.29 is 9.59 Å². The number of carbonyl (C=O) groups is 2. The molecule has 0 aliphatic rings. The Balaban J connectivity index is 0.000000229. The Hall–Kier alpha value is -3.49. The molecule has 0 unspecified atom stereocenters. The summed E-state index contributed by atoms with van der Waals surface area (Å²) in [4.78, 5) is 42.4. The maximum atomic E-state index is 11.0. The highest BCUT2D eigenvalue weighted by Crippen LogP contribution is 2.03. The van der Waals surface area contributed by atoms with Crippen LogP contribution in [-0.2, 0) is 4.79 Å². The maximum absolute atomic E-state index is 11.0. The summed E-state index contributed by atoms with van der Waals surface area (Å²) in [6.07, 6.45) is 10.6. The van der Waals surface area contributed by atoms with E-state index in [1.54, 1.807) is 54.6 Å². The van der Waals surface area contributed by atoms with Crippen LogP contribution in [0.2, 0.25) is 0 Å². The number of fused-ring (bicyclic) bond motifs is 1. The van der Waals surface area contributed by atoms with Crippen molar-refractivity contribution in [1.82, 2.24) is 29.2 Å². The van der Waals surface area contributed by atoms with Crippen LogP contribution in [0.15, 0.2) is 48.1 Å². The molecule has 28 heavy (non-hydrogen) atoms. The number of nitrogens with zero attached hydrogens (tertiary/aromatic N) is 7. The van der Waals surface area contributed by atoms with Crippen molar-refractivity contribution in [3.8, 4) is 0 Å². The normalized spacial score (nSPS) is 9.89. The average molecular weight is 383 g/mol. The van der Waals surface area contributed by atoms with Crippen molar-refractivity contribution in [3.05, 3.63) is 48.8 Å². The number of hydrogen-bond acceptors (Lipinski definition) is 7. The van der Waals surface area contributed by atoms with Gasteiger partial charge in [0.1, 0.15) is 11.5 Å². The molecule has 0 radical (unpaired) electrons. The van der Waals surface area contributed by atoms with E-state index < -0.39 is 0 Å². The van der Waals surface area contributed by atoms with Crippen molar-refractivity contribution in [1.29, 1.82) is 0 Å². The van der Waals surface area contributed by atoms with Gasteiger partial charge in [0.05, 0.1) is 12.5 Å². The Morgan fingerprint density at radius 3 is 2.21 bits per heavy atom. The summed E-state index contributed by atoms with van der Waals surface area (Å²) in [6, 6.07) is 3.52. The van der Waals surface area contributed by atoms with Crippen LogP contribution >= 0.6 is 0 Å². The lowest BCUT2D eigenvalue weighted by Crippen LogP contribution is -2.07. The molecule has 0 fully saturated rings. The predicted octanol–water partition coefficient (Wildman–Crippen LogP) is 2.62. The third-order valence-electron chi connectivity index (χ3n) is 3.10. The fraction of sp³-hybridized carbons (Fsp3) is 0.316. The van der Waals surface area contributed by atoms with Gasteiger partial charge in [0.2, 0.25) is 5.78 Å². The van der Waals surface area contributed by atoms with Crippen molar-refractivity contribution in [2.24, 2.45) is 4.99 Å². The van der Waals surface area contributed by atoms with Crippen LogP contribution in [0, 0.1) is 0 Å². The lowest BCUT2D eigenvalue weighted by Gasteiger charge is -2.00. The Kier molecular flexibility index (Phi) is 9.66. The van der Waals surface area contributed by atoms with Gasteiger partial charge in [-0.25, -0.2) is 24.9 Å². The smallest absolute Gasteiger partial charge is 0.250 e. The Morgan fingerprint density at radius 1 is 1.07 bits per heavy atom. The van der Waals surface area contributed by atoms with Crippen LogP contribution in [-0.4, -0.2) is 61.2 Å². The van der Waals surface area contributed by atoms with E-state index in [2.05, 4.69) is 24.9 Å². The highest BCUT2D eigenvalue weighted by atomic mass is 16.1. The van der Waals surface area contributed by atoms with Crippen LogP contribution in [0.4, 0.5) is 5.95 Å². The van der Waals surface area contributed by atoms with Gasteiger partial charge in [-0.05, 0) is 19.1 Å². The molecule has 3 heterocycles. The fourth-order valence-electron chi connectivity index (χ4n) is 1.61. The molecule has 0 amide bonds. The number of carbonyl (C=O) groups excluding carboxylic acids is 2. The molecule has 0 bridgehead atoms. The van der Waals surface area contributed by atoms with Crippen molar-refractivity contribution in [2.75, 3.05) is 14.1 Å². The van der Waals surface area contributed by atoms with Gasteiger partial charge in [0, 0.05) is 52.2 Å². The van der Waals surface area contributed by atoms with Gasteiger partial charge in [0.25, 0.3) is 5.95 Å². The van der Waals surface area contributed by atoms with E-state index in [0.717, 1.165) is 0 Å². The first-order chi connectivity index (χ1) is 13.3. The van der Waals surface area contributed by atoms with Gasteiger partial charge in [-0.1, -0.05) is 6.92 Å². The lowest BCUT2D eigenvalue weighted by molar-refractivity contribution is -0.116.